The number of hydrogen-bond donors (Lipinski definition) is 1. The van der Waals surface area contributed by atoms with Gasteiger partial charge in [0.25, 0.3) is 5.91 Å². The molecule has 8 heteroatoms. The third-order valence-corrected chi connectivity index (χ3v) is 5.15. The molecule has 0 spiro atoms. The van der Waals surface area contributed by atoms with Crippen LogP contribution in [0.25, 0.3) is 11.5 Å². The van der Waals surface area contributed by atoms with Crippen LogP contribution in [0.5, 0.6) is 0 Å². The molecule has 1 aromatic heterocycles. The first-order valence-corrected chi connectivity index (χ1v) is 9.96. The molecular weight excluding hydrogens is 409 g/mol. The monoisotopic (exact) mass is 427 g/mol. The summed E-state index contributed by atoms with van der Waals surface area (Å²) < 4.78 is 19.0. The summed E-state index contributed by atoms with van der Waals surface area (Å²) in [5, 5.41) is 11.0. The number of benzodiazepines with no additional fused rings is 1. The second kappa shape index (κ2) is 8.07. The van der Waals surface area contributed by atoms with Gasteiger partial charge in [0.2, 0.25) is 12.1 Å². The van der Waals surface area contributed by atoms with Crippen molar-refractivity contribution in [3.05, 3.63) is 95.8 Å². The largest absolute Gasteiger partial charge is 0.403 e. The van der Waals surface area contributed by atoms with Crippen molar-refractivity contribution in [1.82, 2.24) is 10.2 Å². The SMILES string of the molecule is CN(c1nnc(-c2ccc(F)cc2)o1)C1N=C(c2ccccc2)c2ccccc2NC1=O. The summed E-state index contributed by atoms with van der Waals surface area (Å²) >= 11 is 0. The molecular formula is C24H18FN5O2. The smallest absolute Gasteiger partial charge is 0.320 e. The molecule has 0 saturated heterocycles. The molecule has 5 rings (SSSR count). The first-order chi connectivity index (χ1) is 15.6. The number of aromatic nitrogens is 2. The van der Waals surface area contributed by atoms with Crippen LogP contribution in [0.2, 0.25) is 0 Å². The van der Waals surface area contributed by atoms with Gasteiger partial charge in [-0.05, 0) is 30.3 Å². The standard InChI is InChI=1S/C24H18FN5O2/c1-30(24-29-28-23(32-24)16-11-13-17(25)14-12-16)21-22(31)26-19-10-6-5-9-18(19)20(27-21)15-7-3-2-4-8-15/h2-14,21H,1H3,(H,26,31). The molecule has 3 aromatic carbocycles. The molecule has 158 valence electrons. The zero-order valence-corrected chi connectivity index (χ0v) is 17.1. The van der Waals surface area contributed by atoms with Gasteiger partial charge in [-0.2, -0.15) is 0 Å². The lowest BCUT2D eigenvalue weighted by Crippen LogP contribution is -2.40. The number of amides is 1. The number of benzene rings is 3. The third kappa shape index (κ3) is 3.62. The molecule has 32 heavy (non-hydrogen) atoms. The fraction of sp³-hybridized carbons (Fsp3) is 0.0833. The number of nitrogens with one attached hydrogen (secondary N) is 1. The molecule has 1 unspecified atom stereocenters. The second-order valence-corrected chi connectivity index (χ2v) is 7.26. The van der Waals surface area contributed by atoms with Crippen molar-refractivity contribution in [2.24, 2.45) is 4.99 Å². The van der Waals surface area contributed by atoms with E-state index in [0.29, 0.717) is 17.0 Å². The molecule has 7 nitrogen and oxygen atoms in total. The van der Waals surface area contributed by atoms with E-state index in [1.807, 2.05) is 54.6 Å². The number of aliphatic imine (C=N–C) groups is 1. The lowest BCUT2D eigenvalue weighted by Gasteiger charge is -2.21. The normalized spacial score (nSPS) is 15.4. The Hall–Kier alpha value is -4.33. The topological polar surface area (TPSA) is 83.6 Å². The Morgan fingerprint density at radius 2 is 1.62 bits per heavy atom. The lowest BCUT2D eigenvalue weighted by molar-refractivity contribution is -0.117. The Labute approximate surface area is 183 Å². The molecule has 1 amide bonds. The van der Waals surface area contributed by atoms with Crippen LogP contribution in [0.1, 0.15) is 11.1 Å². The Morgan fingerprint density at radius 3 is 2.41 bits per heavy atom. The number of hydrogen-bond acceptors (Lipinski definition) is 6. The highest BCUT2D eigenvalue weighted by atomic mass is 19.1. The molecule has 0 radical (unpaired) electrons. The Kier molecular flexibility index (Phi) is 4.95. The Morgan fingerprint density at radius 1 is 0.906 bits per heavy atom. The highest BCUT2D eigenvalue weighted by Crippen LogP contribution is 2.27. The van der Waals surface area contributed by atoms with Gasteiger partial charge in [0.15, 0.2) is 0 Å². The van der Waals surface area contributed by atoms with Gasteiger partial charge in [-0.25, -0.2) is 9.38 Å². The molecule has 0 saturated carbocycles. The van der Waals surface area contributed by atoms with Crippen LogP contribution in [0.15, 0.2) is 88.3 Å². The van der Waals surface area contributed by atoms with Gasteiger partial charge in [0.1, 0.15) is 5.82 Å². The summed E-state index contributed by atoms with van der Waals surface area (Å²) in [7, 11) is 1.66. The van der Waals surface area contributed by atoms with Gasteiger partial charge in [0.05, 0.1) is 11.4 Å². The lowest BCUT2D eigenvalue weighted by atomic mass is 10.0. The average molecular weight is 427 g/mol. The quantitative estimate of drug-likeness (QED) is 0.530. The number of rotatable bonds is 4. The van der Waals surface area contributed by atoms with Crippen molar-refractivity contribution in [1.29, 1.82) is 0 Å². The van der Waals surface area contributed by atoms with Crippen molar-refractivity contribution in [3.63, 3.8) is 0 Å². The van der Waals surface area contributed by atoms with Gasteiger partial charge in [0, 0.05) is 23.7 Å². The van der Waals surface area contributed by atoms with Crippen molar-refractivity contribution in [3.8, 4) is 11.5 Å². The van der Waals surface area contributed by atoms with Gasteiger partial charge in [-0.15, -0.1) is 5.10 Å². The first kappa shape index (κ1) is 19.6. The molecule has 0 aliphatic carbocycles. The van der Waals surface area contributed by atoms with E-state index in [4.69, 9.17) is 9.41 Å². The zero-order valence-electron chi connectivity index (χ0n) is 17.1. The number of halogens is 1. The van der Waals surface area contributed by atoms with E-state index in [9.17, 15) is 9.18 Å². The number of nitrogens with zero attached hydrogens (tertiary/aromatic N) is 4. The fourth-order valence-electron chi connectivity index (χ4n) is 3.51. The van der Waals surface area contributed by atoms with E-state index >= 15 is 0 Å². The predicted octanol–water partition coefficient (Wildman–Crippen LogP) is 4.13. The highest BCUT2D eigenvalue weighted by molar-refractivity contribution is 6.19. The number of para-hydroxylation sites is 1. The molecule has 1 aliphatic rings. The summed E-state index contributed by atoms with van der Waals surface area (Å²) in [6, 6.07) is 23.0. The van der Waals surface area contributed by atoms with Crippen LogP contribution in [0.3, 0.4) is 0 Å². The van der Waals surface area contributed by atoms with Crippen LogP contribution in [0, 0.1) is 5.82 Å². The summed E-state index contributed by atoms with van der Waals surface area (Å²) in [6.07, 6.45) is -0.945. The number of likely N-dealkylation sites (N-methyl/N-ethyl adjacent to an activating group) is 1. The molecule has 1 aliphatic heterocycles. The van der Waals surface area contributed by atoms with Crippen molar-refractivity contribution >= 4 is 23.3 Å². The van der Waals surface area contributed by atoms with E-state index in [-0.39, 0.29) is 23.6 Å². The summed E-state index contributed by atoms with van der Waals surface area (Å²) in [6.45, 7) is 0. The van der Waals surface area contributed by atoms with Crippen LogP contribution in [-0.4, -0.2) is 35.0 Å². The maximum Gasteiger partial charge on any atom is 0.320 e. The Bertz CT molecular complexity index is 1300. The average Bonchev–Trinajstić information content (AvgIpc) is 3.26. The van der Waals surface area contributed by atoms with E-state index in [1.54, 1.807) is 19.2 Å². The molecule has 4 aromatic rings. The maximum absolute atomic E-state index is 13.2. The van der Waals surface area contributed by atoms with E-state index in [0.717, 1.165) is 11.1 Å². The minimum atomic E-state index is -0.945. The van der Waals surface area contributed by atoms with E-state index in [1.165, 1.54) is 17.0 Å². The number of fused-ring (bicyclic) bond motifs is 1. The van der Waals surface area contributed by atoms with E-state index < -0.39 is 6.17 Å². The molecule has 0 bridgehead atoms. The van der Waals surface area contributed by atoms with E-state index in [2.05, 4.69) is 15.5 Å². The minimum Gasteiger partial charge on any atom is -0.403 e. The zero-order chi connectivity index (χ0) is 22.1. The summed E-state index contributed by atoms with van der Waals surface area (Å²) in [5.74, 6) is -0.466. The third-order valence-electron chi connectivity index (χ3n) is 5.15. The van der Waals surface area contributed by atoms with Crippen molar-refractivity contribution in [2.45, 2.75) is 6.17 Å². The van der Waals surface area contributed by atoms with Crippen LogP contribution in [-0.2, 0) is 4.79 Å². The molecule has 0 fully saturated rings. The van der Waals surface area contributed by atoms with Crippen molar-refractivity contribution < 1.29 is 13.6 Å². The molecule has 1 N–H and O–H groups in total. The van der Waals surface area contributed by atoms with Crippen LogP contribution in [0.4, 0.5) is 16.1 Å². The second-order valence-electron chi connectivity index (χ2n) is 7.26. The summed E-state index contributed by atoms with van der Waals surface area (Å²) in [5.41, 5.74) is 3.63. The van der Waals surface area contributed by atoms with Gasteiger partial charge in [-0.1, -0.05) is 53.6 Å². The number of carbonyl (C=O) groups is 1. The minimum absolute atomic E-state index is 0.117. The predicted molar refractivity (Wildman–Crippen MR) is 119 cm³/mol. The van der Waals surface area contributed by atoms with Crippen LogP contribution >= 0.6 is 0 Å². The van der Waals surface area contributed by atoms with Gasteiger partial charge < -0.3 is 9.73 Å². The van der Waals surface area contributed by atoms with Gasteiger partial charge >= 0.3 is 6.01 Å². The highest BCUT2D eigenvalue weighted by Gasteiger charge is 2.31. The molecule has 2 heterocycles. The number of carbonyl (C=O) groups excluding carboxylic acids is 1. The number of anilines is 2. The van der Waals surface area contributed by atoms with Crippen molar-refractivity contribution in [2.75, 3.05) is 17.3 Å². The van der Waals surface area contributed by atoms with Crippen LogP contribution < -0.4 is 10.2 Å². The van der Waals surface area contributed by atoms with Gasteiger partial charge in [-0.3, -0.25) is 9.69 Å². The molecule has 1 atom stereocenters. The fourth-order valence-corrected chi connectivity index (χ4v) is 3.51. The summed E-state index contributed by atoms with van der Waals surface area (Å²) in [4.78, 5) is 19.4. The first-order valence-electron chi connectivity index (χ1n) is 9.96. The Balaban J connectivity index is 1.54. The maximum atomic E-state index is 13.2.